The Morgan fingerprint density at radius 3 is 2.94 bits per heavy atom. The van der Waals surface area contributed by atoms with E-state index in [4.69, 9.17) is 5.73 Å². The van der Waals surface area contributed by atoms with Gasteiger partial charge in [-0.15, -0.1) is 0 Å². The second-order valence-corrected chi connectivity index (χ2v) is 3.82. The molecule has 1 aliphatic rings. The van der Waals surface area contributed by atoms with Crippen LogP contribution < -0.4 is 16.0 Å². The third-order valence-electron chi connectivity index (χ3n) is 2.71. The Morgan fingerprint density at radius 2 is 2.24 bits per heavy atom. The van der Waals surface area contributed by atoms with Gasteiger partial charge < -0.3 is 16.0 Å². The number of anilines is 2. The van der Waals surface area contributed by atoms with Crippen LogP contribution >= 0.6 is 0 Å². The van der Waals surface area contributed by atoms with Crippen LogP contribution in [0.2, 0.25) is 0 Å². The highest BCUT2D eigenvalue weighted by atomic mass is 19.1. The standard InChI is InChI=1S/C10H12F2N4O/c1-5-10(17)14-2-3-16(5)9-7(12)4-6(11)8(13)15-9/h4-5H,2-3H2,1H3,(H2,13,15)(H,14,17). The molecule has 0 aliphatic carbocycles. The van der Waals surface area contributed by atoms with Gasteiger partial charge in [-0.1, -0.05) is 0 Å². The summed E-state index contributed by atoms with van der Waals surface area (Å²) >= 11 is 0. The van der Waals surface area contributed by atoms with Gasteiger partial charge in [-0.25, -0.2) is 13.8 Å². The third kappa shape index (κ3) is 2.00. The van der Waals surface area contributed by atoms with Crippen molar-refractivity contribution in [2.45, 2.75) is 13.0 Å². The Kier molecular flexibility index (Phi) is 2.83. The number of carbonyl (C=O) groups is 1. The number of rotatable bonds is 1. The Balaban J connectivity index is 2.39. The van der Waals surface area contributed by atoms with E-state index in [0.717, 1.165) is 0 Å². The van der Waals surface area contributed by atoms with Crippen LogP contribution in [0.15, 0.2) is 6.07 Å². The summed E-state index contributed by atoms with van der Waals surface area (Å²) in [5.74, 6) is -2.41. The second kappa shape index (κ2) is 4.15. The molecule has 2 heterocycles. The first kappa shape index (κ1) is 11.6. The smallest absolute Gasteiger partial charge is 0.242 e. The predicted octanol–water partition coefficient (Wildman–Crippen LogP) is 0.267. The average Bonchev–Trinajstić information content (AvgIpc) is 2.28. The fourth-order valence-electron chi connectivity index (χ4n) is 1.74. The molecule has 1 aromatic rings. The molecule has 5 nitrogen and oxygen atoms in total. The quantitative estimate of drug-likeness (QED) is 0.741. The average molecular weight is 242 g/mol. The zero-order chi connectivity index (χ0) is 12.6. The largest absolute Gasteiger partial charge is 0.381 e. The molecule has 3 N–H and O–H groups in total. The number of halogens is 2. The number of nitrogens with one attached hydrogen (secondary N) is 1. The number of hydrogen-bond acceptors (Lipinski definition) is 4. The molecule has 2 rings (SSSR count). The van der Waals surface area contributed by atoms with E-state index < -0.39 is 17.7 Å². The highest BCUT2D eigenvalue weighted by molar-refractivity contribution is 5.85. The summed E-state index contributed by atoms with van der Waals surface area (Å²) in [5.41, 5.74) is 5.30. The molecule has 0 saturated carbocycles. The topological polar surface area (TPSA) is 71.2 Å². The third-order valence-corrected chi connectivity index (χ3v) is 2.71. The van der Waals surface area contributed by atoms with Gasteiger partial charge in [-0.3, -0.25) is 4.79 Å². The number of amides is 1. The van der Waals surface area contributed by atoms with Crippen LogP contribution in [0.25, 0.3) is 0 Å². The monoisotopic (exact) mass is 242 g/mol. The fraction of sp³-hybridized carbons (Fsp3) is 0.400. The molecule has 0 bridgehead atoms. The Hall–Kier alpha value is -1.92. The normalized spacial score (nSPS) is 20.3. The summed E-state index contributed by atoms with van der Waals surface area (Å²) < 4.78 is 26.6. The number of piperazine rings is 1. The van der Waals surface area contributed by atoms with Crippen LogP contribution in [0.1, 0.15) is 6.92 Å². The molecule has 1 fully saturated rings. The second-order valence-electron chi connectivity index (χ2n) is 3.82. The molecule has 17 heavy (non-hydrogen) atoms. The number of nitrogen functional groups attached to an aromatic ring is 1. The van der Waals surface area contributed by atoms with Crippen LogP contribution in [0.4, 0.5) is 20.4 Å². The van der Waals surface area contributed by atoms with Crippen LogP contribution in [0, 0.1) is 11.6 Å². The lowest BCUT2D eigenvalue weighted by Gasteiger charge is -2.33. The van der Waals surface area contributed by atoms with Gasteiger partial charge in [0.1, 0.15) is 6.04 Å². The van der Waals surface area contributed by atoms with Crippen LogP contribution in [-0.4, -0.2) is 30.0 Å². The van der Waals surface area contributed by atoms with E-state index in [-0.39, 0.29) is 17.5 Å². The zero-order valence-corrected chi connectivity index (χ0v) is 9.20. The number of nitrogens with zero attached hydrogens (tertiary/aromatic N) is 2. The van der Waals surface area contributed by atoms with Gasteiger partial charge in [0.25, 0.3) is 0 Å². The maximum atomic E-state index is 13.6. The summed E-state index contributed by atoms with van der Waals surface area (Å²) in [7, 11) is 0. The van der Waals surface area contributed by atoms with Gasteiger partial charge in [0.05, 0.1) is 0 Å². The molecule has 1 saturated heterocycles. The molecule has 1 atom stereocenters. The van der Waals surface area contributed by atoms with E-state index in [1.165, 1.54) is 4.90 Å². The van der Waals surface area contributed by atoms with Gasteiger partial charge in [-0.2, -0.15) is 0 Å². The minimum absolute atomic E-state index is 0.0914. The van der Waals surface area contributed by atoms with Gasteiger partial charge in [-0.05, 0) is 6.92 Å². The number of nitrogens with two attached hydrogens (primary N) is 1. The summed E-state index contributed by atoms with van der Waals surface area (Å²) in [6.45, 7) is 2.42. The molecular weight excluding hydrogens is 230 g/mol. The Labute approximate surface area is 96.6 Å². The van der Waals surface area contributed by atoms with E-state index >= 15 is 0 Å². The first-order chi connectivity index (χ1) is 8.00. The van der Waals surface area contributed by atoms with Crippen LogP contribution in [0.5, 0.6) is 0 Å². The number of aromatic nitrogens is 1. The van der Waals surface area contributed by atoms with E-state index in [0.29, 0.717) is 19.2 Å². The predicted molar refractivity (Wildman–Crippen MR) is 58.4 cm³/mol. The van der Waals surface area contributed by atoms with Crippen molar-refractivity contribution in [3.8, 4) is 0 Å². The molecule has 0 spiro atoms. The van der Waals surface area contributed by atoms with Crippen molar-refractivity contribution in [3.05, 3.63) is 17.7 Å². The molecule has 0 aromatic carbocycles. The lowest BCUT2D eigenvalue weighted by molar-refractivity contribution is -0.122. The first-order valence-electron chi connectivity index (χ1n) is 5.16. The molecule has 92 valence electrons. The molecule has 1 amide bonds. The molecule has 1 aromatic heterocycles. The van der Waals surface area contributed by atoms with Gasteiger partial charge in [0, 0.05) is 19.2 Å². The van der Waals surface area contributed by atoms with Crippen molar-refractivity contribution in [2.24, 2.45) is 0 Å². The van der Waals surface area contributed by atoms with E-state index in [9.17, 15) is 13.6 Å². The van der Waals surface area contributed by atoms with Crippen molar-refractivity contribution in [3.63, 3.8) is 0 Å². The van der Waals surface area contributed by atoms with Crippen molar-refractivity contribution >= 4 is 17.5 Å². The first-order valence-corrected chi connectivity index (χ1v) is 5.16. The number of carbonyl (C=O) groups excluding carboxylic acids is 1. The lowest BCUT2D eigenvalue weighted by atomic mass is 10.2. The zero-order valence-electron chi connectivity index (χ0n) is 9.20. The van der Waals surface area contributed by atoms with E-state index in [1.807, 2.05) is 0 Å². The molecule has 1 aliphatic heterocycles. The summed E-state index contributed by atoms with van der Waals surface area (Å²) in [6.07, 6.45) is 0. The lowest BCUT2D eigenvalue weighted by Crippen LogP contribution is -2.54. The molecule has 1 unspecified atom stereocenters. The van der Waals surface area contributed by atoms with Gasteiger partial charge in [0.2, 0.25) is 5.91 Å². The van der Waals surface area contributed by atoms with Gasteiger partial charge >= 0.3 is 0 Å². The minimum atomic E-state index is -0.902. The van der Waals surface area contributed by atoms with Crippen LogP contribution in [-0.2, 0) is 4.79 Å². The highest BCUT2D eigenvalue weighted by Crippen LogP contribution is 2.23. The van der Waals surface area contributed by atoms with Crippen LogP contribution in [0.3, 0.4) is 0 Å². The Morgan fingerprint density at radius 1 is 1.53 bits per heavy atom. The SMILES string of the molecule is CC1C(=O)NCCN1c1nc(N)c(F)cc1F. The van der Waals surface area contributed by atoms with Crippen molar-refractivity contribution in [1.82, 2.24) is 10.3 Å². The maximum absolute atomic E-state index is 13.6. The van der Waals surface area contributed by atoms with Crippen molar-refractivity contribution in [1.29, 1.82) is 0 Å². The maximum Gasteiger partial charge on any atom is 0.242 e. The van der Waals surface area contributed by atoms with E-state index in [2.05, 4.69) is 10.3 Å². The summed E-state index contributed by atoms with van der Waals surface area (Å²) in [4.78, 5) is 16.5. The summed E-state index contributed by atoms with van der Waals surface area (Å²) in [6, 6.07) is 0.118. The molecule has 0 radical (unpaired) electrons. The number of pyridine rings is 1. The number of hydrogen-bond donors (Lipinski definition) is 2. The molecule has 7 heteroatoms. The van der Waals surface area contributed by atoms with Crippen molar-refractivity contribution in [2.75, 3.05) is 23.7 Å². The molecular formula is C10H12F2N4O. The summed E-state index contributed by atoms with van der Waals surface area (Å²) in [5, 5.41) is 2.64. The fourth-order valence-corrected chi connectivity index (χ4v) is 1.74. The highest BCUT2D eigenvalue weighted by Gasteiger charge is 2.29. The van der Waals surface area contributed by atoms with Crippen molar-refractivity contribution < 1.29 is 13.6 Å². The van der Waals surface area contributed by atoms with E-state index in [1.54, 1.807) is 6.92 Å². The minimum Gasteiger partial charge on any atom is -0.381 e. The van der Waals surface area contributed by atoms with Gasteiger partial charge in [0.15, 0.2) is 23.3 Å². The Bertz CT molecular complexity index is 466.